The molecule has 0 unspecified atom stereocenters. The number of benzene rings is 2. The highest BCUT2D eigenvalue weighted by atomic mass is 35.5. The van der Waals surface area contributed by atoms with E-state index in [0.29, 0.717) is 41.2 Å². The lowest BCUT2D eigenvalue weighted by molar-refractivity contribution is 0.174. The smallest absolute Gasteiger partial charge is 0.334 e. The number of nitrogens with one attached hydrogen (secondary N) is 1. The molecule has 2 aliphatic heterocycles. The van der Waals surface area contributed by atoms with Crippen molar-refractivity contribution in [2.45, 2.75) is 0 Å². The molecule has 172 valence electrons. The first-order chi connectivity index (χ1) is 16.6. The van der Waals surface area contributed by atoms with Crippen molar-refractivity contribution in [3.8, 4) is 17.2 Å². The highest BCUT2D eigenvalue weighted by Gasteiger charge is 2.22. The fourth-order valence-corrected chi connectivity index (χ4v) is 4.52. The van der Waals surface area contributed by atoms with Crippen LogP contribution in [0.25, 0.3) is 16.7 Å². The Kier molecular flexibility index (Phi) is 4.88. The number of rotatable bonds is 3. The van der Waals surface area contributed by atoms with Crippen LogP contribution in [0.5, 0.6) is 11.5 Å². The Hall–Kier alpha value is -4.05. The number of anilines is 2. The van der Waals surface area contributed by atoms with Gasteiger partial charge in [0.25, 0.3) is 5.56 Å². The van der Waals surface area contributed by atoms with Crippen molar-refractivity contribution in [2.75, 3.05) is 42.8 Å². The zero-order chi connectivity index (χ0) is 23.2. The minimum absolute atomic E-state index is 0.102. The second-order valence-electron chi connectivity index (χ2n) is 7.97. The largest absolute Gasteiger partial charge is 0.454 e. The number of nitrogens with zero attached hydrogens (tertiary/aromatic N) is 5. The molecule has 2 aliphatic rings. The Morgan fingerprint density at radius 3 is 2.53 bits per heavy atom. The van der Waals surface area contributed by atoms with Gasteiger partial charge in [-0.1, -0.05) is 23.7 Å². The molecule has 11 heteroatoms. The van der Waals surface area contributed by atoms with Gasteiger partial charge in [0.2, 0.25) is 12.7 Å². The average Bonchev–Trinajstić information content (AvgIpc) is 3.32. The molecule has 34 heavy (non-hydrogen) atoms. The van der Waals surface area contributed by atoms with E-state index < -0.39 is 11.2 Å². The summed E-state index contributed by atoms with van der Waals surface area (Å²) in [5, 5.41) is 0.935. The van der Waals surface area contributed by atoms with Gasteiger partial charge in [-0.25, -0.2) is 14.3 Å². The van der Waals surface area contributed by atoms with Crippen molar-refractivity contribution < 1.29 is 9.47 Å². The zero-order valence-corrected chi connectivity index (χ0v) is 18.7. The maximum Gasteiger partial charge on any atom is 0.334 e. The number of hydrogen-bond acceptors (Lipinski definition) is 8. The normalized spacial score (nSPS) is 15.2. The third-order valence-electron chi connectivity index (χ3n) is 6.01. The molecule has 0 atom stereocenters. The summed E-state index contributed by atoms with van der Waals surface area (Å²) in [7, 11) is 0. The number of aromatic amines is 1. The average molecular weight is 479 g/mol. The quantitative estimate of drug-likeness (QED) is 0.477. The van der Waals surface area contributed by atoms with Crippen LogP contribution in [-0.4, -0.2) is 52.5 Å². The van der Waals surface area contributed by atoms with E-state index in [0.717, 1.165) is 23.3 Å². The van der Waals surface area contributed by atoms with Crippen LogP contribution < -0.4 is 30.5 Å². The predicted molar refractivity (Wildman–Crippen MR) is 128 cm³/mol. The molecule has 2 aromatic heterocycles. The predicted octanol–water partition coefficient (Wildman–Crippen LogP) is 2.18. The second kappa shape index (κ2) is 8.07. The monoisotopic (exact) mass is 478 g/mol. The Balaban J connectivity index is 1.29. The molecule has 1 fully saturated rings. The number of halogens is 1. The number of hydrogen-bond donors (Lipinski definition) is 1. The third kappa shape index (κ3) is 3.43. The molecule has 4 heterocycles. The SMILES string of the molecule is O=c1[nH]c2nc(N3CCN(c4ccccc4Cl)CC3)ncc2c(=O)n1-c1ccc2c(c1)OCO2. The Morgan fingerprint density at radius 1 is 0.941 bits per heavy atom. The molecule has 6 rings (SSSR count). The van der Waals surface area contributed by atoms with Crippen LogP contribution in [0.2, 0.25) is 5.02 Å². The number of aromatic nitrogens is 4. The topological polar surface area (TPSA) is 106 Å². The van der Waals surface area contributed by atoms with Crippen molar-refractivity contribution in [3.63, 3.8) is 0 Å². The van der Waals surface area contributed by atoms with Gasteiger partial charge < -0.3 is 19.3 Å². The van der Waals surface area contributed by atoms with Crippen molar-refractivity contribution in [1.29, 1.82) is 0 Å². The van der Waals surface area contributed by atoms with E-state index in [1.54, 1.807) is 18.2 Å². The summed E-state index contributed by atoms with van der Waals surface area (Å²) in [4.78, 5) is 41.8. The number of fused-ring (bicyclic) bond motifs is 2. The lowest BCUT2D eigenvalue weighted by Crippen LogP contribution is -2.47. The lowest BCUT2D eigenvalue weighted by Gasteiger charge is -2.36. The molecule has 0 spiro atoms. The van der Waals surface area contributed by atoms with E-state index in [-0.39, 0.29) is 17.8 Å². The molecule has 0 aliphatic carbocycles. The summed E-state index contributed by atoms with van der Waals surface area (Å²) in [6.45, 7) is 2.94. The van der Waals surface area contributed by atoms with Crippen LogP contribution in [-0.2, 0) is 0 Å². The second-order valence-corrected chi connectivity index (χ2v) is 8.37. The van der Waals surface area contributed by atoms with Gasteiger partial charge in [0, 0.05) is 38.4 Å². The van der Waals surface area contributed by atoms with Gasteiger partial charge in [-0.3, -0.25) is 9.78 Å². The highest BCUT2D eigenvalue weighted by molar-refractivity contribution is 6.33. The van der Waals surface area contributed by atoms with Crippen LogP contribution in [0.3, 0.4) is 0 Å². The molecule has 1 saturated heterocycles. The highest BCUT2D eigenvalue weighted by Crippen LogP contribution is 2.33. The van der Waals surface area contributed by atoms with Crippen LogP contribution in [0.15, 0.2) is 58.3 Å². The Bertz CT molecular complexity index is 1530. The van der Waals surface area contributed by atoms with Crippen molar-refractivity contribution >= 4 is 34.3 Å². The van der Waals surface area contributed by atoms with Crippen LogP contribution in [0.1, 0.15) is 0 Å². The van der Waals surface area contributed by atoms with E-state index in [9.17, 15) is 9.59 Å². The molecule has 1 N–H and O–H groups in total. The van der Waals surface area contributed by atoms with E-state index in [4.69, 9.17) is 21.1 Å². The van der Waals surface area contributed by atoms with E-state index in [1.807, 2.05) is 29.2 Å². The third-order valence-corrected chi connectivity index (χ3v) is 6.33. The van der Waals surface area contributed by atoms with Crippen molar-refractivity contribution in [3.05, 3.63) is 74.5 Å². The summed E-state index contributed by atoms with van der Waals surface area (Å²) < 4.78 is 11.7. The van der Waals surface area contributed by atoms with E-state index >= 15 is 0 Å². The number of piperazine rings is 1. The first-order valence-corrected chi connectivity index (χ1v) is 11.1. The van der Waals surface area contributed by atoms with Crippen molar-refractivity contribution in [2.24, 2.45) is 0 Å². The van der Waals surface area contributed by atoms with Gasteiger partial charge in [-0.15, -0.1) is 0 Å². The Morgan fingerprint density at radius 2 is 1.71 bits per heavy atom. The minimum atomic E-state index is -0.593. The summed E-state index contributed by atoms with van der Waals surface area (Å²) in [6.07, 6.45) is 1.46. The maximum absolute atomic E-state index is 13.1. The zero-order valence-electron chi connectivity index (χ0n) is 17.9. The molecule has 0 amide bonds. The first kappa shape index (κ1) is 20.5. The first-order valence-electron chi connectivity index (χ1n) is 10.7. The van der Waals surface area contributed by atoms with Gasteiger partial charge in [-0.05, 0) is 24.3 Å². The van der Waals surface area contributed by atoms with Crippen LogP contribution in [0, 0.1) is 0 Å². The summed E-state index contributed by atoms with van der Waals surface area (Å²) in [5.74, 6) is 1.50. The van der Waals surface area contributed by atoms with Gasteiger partial charge in [-0.2, -0.15) is 4.98 Å². The standard InChI is InChI=1S/C23H19ClN6O4/c24-16-3-1-2-4-17(16)28-7-9-29(10-8-28)22-25-12-15-20(26-22)27-23(32)30(21(15)31)14-5-6-18-19(11-14)34-13-33-18/h1-6,11-12H,7-10,13H2,(H,25,26,27,32). The molecule has 2 aromatic carbocycles. The lowest BCUT2D eigenvalue weighted by atomic mass is 10.2. The van der Waals surface area contributed by atoms with Crippen molar-refractivity contribution in [1.82, 2.24) is 19.5 Å². The number of para-hydroxylation sites is 1. The number of H-pyrrole nitrogens is 1. The van der Waals surface area contributed by atoms with Gasteiger partial charge in [0.15, 0.2) is 17.1 Å². The van der Waals surface area contributed by atoms with Crippen LogP contribution in [0.4, 0.5) is 11.6 Å². The molecule has 4 aromatic rings. The van der Waals surface area contributed by atoms with Gasteiger partial charge in [0.1, 0.15) is 5.39 Å². The summed E-state index contributed by atoms with van der Waals surface area (Å²) in [6, 6.07) is 12.6. The number of ether oxygens (including phenoxy) is 2. The fourth-order valence-electron chi connectivity index (χ4n) is 4.26. The molecule has 10 nitrogen and oxygen atoms in total. The maximum atomic E-state index is 13.1. The summed E-state index contributed by atoms with van der Waals surface area (Å²) in [5.41, 5.74) is 0.469. The molecule has 0 radical (unpaired) electrons. The van der Waals surface area contributed by atoms with Crippen LogP contribution >= 0.6 is 11.6 Å². The summed E-state index contributed by atoms with van der Waals surface area (Å²) >= 11 is 6.33. The van der Waals surface area contributed by atoms with Gasteiger partial charge in [0.05, 0.1) is 16.4 Å². The fraction of sp³-hybridized carbons (Fsp3) is 0.217. The molecule has 0 saturated carbocycles. The molecular formula is C23H19ClN6O4. The minimum Gasteiger partial charge on any atom is -0.454 e. The van der Waals surface area contributed by atoms with E-state index in [1.165, 1.54) is 6.20 Å². The molecular weight excluding hydrogens is 460 g/mol. The van der Waals surface area contributed by atoms with Gasteiger partial charge >= 0.3 is 5.69 Å². The Labute approximate surface area is 198 Å². The van der Waals surface area contributed by atoms with E-state index in [2.05, 4.69) is 19.9 Å². The molecule has 0 bridgehead atoms.